The predicted molar refractivity (Wildman–Crippen MR) is 30.2 cm³/mol. The van der Waals surface area contributed by atoms with E-state index < -0.39 is 5.97 Å². The Morgan fingerprint density at radius 1 is 1.88 bits per heavy atom. The Balaban J connectivity index is 4.01. The first-order valence-electron chi connectivity index (χ1n) is 2.04. The van der Waals surface area contributed by atoms with Crippen LogP contribution in [0.15, 0.2) is 11.6 Å². The number of carboxylic acid groups (broad SMARTS) is 1. The smallest absolute Gasteiger partial charge is 0.329 e. The van der Waals surface area contributed by atoms with E-state index in [0.717, 1.165) is 6.08 Å². The molecule has 0 aromatic carbocycles. The lowest BCUT2D eigenvalue weighted by atomic mass is 10.3. The maximum absolute atomic E-state index is 9.80. The van der Waals surface area contributed by atoms with Gasteiger partial charge in [0.15, 0.2) is 0 Å². The van der Waals surface area contributed by atoms with Crippen molar-refractivity contribution < 1.29 is 9.90 Å². The molecule has 0 spiro atoms. The minimum absolute atomic E-state index is 0.428. The van der Waals surface area contributed by atoms with Gasteiger partial charge in [0.2, 0.25) is 0 Å². The topological polar surface area (TPSA) is 37.3 Å². The molecule has 0 aromatic heterocycles. The largest absolute Gasteiger partial charge is 0.478 e. The average molecular weight is 110 g/mol. The second-order valence-electron chi connectivity index (χ2n) is 1.31. The molecule has 0 bridgehead atoms. The van der Waals surface area contributed by atoms with Crippen LogP contribution in [0.25, 0.3) is 0 Å². The third-order valence-electron chi connectivity index (χ3n) is 0.568. The van der Waals surface area contributed by atoms with E-state index in [0.29, 0.717) is 5.57 Å². The fraction of sp³-hybridized carbons (Fsp3) is 0.167. The summed E-state index contributed by atoms with van der Waals surface area (Å²) >= 11 is 0. The zero-order valence-electron chi connectivity index (χ0n) is 4.51. The van der Waals surface area contributed by atoms with Crippen molar-refractivity contribution in [3.63, 3.8) is 0 Å². The molecule has 0 saturated carbocycles. The Labute approximate surface area is 47.8 Å². The number of hydrogen-bond acceptors (Lipinski definition) is 1. The van der Waals surface area contributed by atoms with E-state index in [-0.39, 0.29) is 0 Å². The van der Waals surface area contributed by atoms with Gasteiger partial charge < -0.3 is 5.11 Å². The van der Waals surface area contributed by atoms with E-state index in [1.54, 1.807) is 6.92 Å². The second-order valence-corrected chi connectivity index (χ2v) is 1.31. The summed E-state index contributed by atoms with van der Waals surface area (Å²) in [6, 6.07) is 0. The van der Waals surface area contributed by atoms with Gasteiger partial charge in [-0.2, -0.15) is 0 Å². The molecule has 0 saturated heterocycles. The molecule has 0 amide bonds. The lowest BCUT2D eigenvalue weighted by Crippen LogP contribution is -1.87. The summed E-state index contributed by atoms with van der Waals surface area (Å²) < 4.78 is 0. The van der Waals surface area contributed by atoms with Crippen molar-refractivity contribution in [2.75, 3.05) is 0 Å². The van der Waals surface area contributed by atoms with Gasteiger partial charge in [-0.3, -0.25) is 0 Å². The van der Waals surface area contributed by atoms with Crippen molar-refractivity contribution in [3.8, 4) is 12.3 Å². The molecule has 2 heteroatoms. The molecule has 0 rings (SSSR count). The highest BCUT2D eigenvalue weighted by Gasteiger charge is 1.86. The minimum Gasteiger partial charge on any atom is -0.478 e. The summed E-state index contributed by atoms with van der Waals surface area (Å²) in [4.78, 5) is 9.80. The van der Waals surface area contributed by atoms with Crippen molar-refractivity contribution in [3.05, 3.63) is 11.6 Å². The van der Waals surface area contributed by atoms with Crippen LogP contribution >= 0.6 is 0 Å². The highest BCUT2D eigenvalue weighted by molar-refractivity contribution is 5.81. The van der Waals surface area contributed by atoms with Crippen LogP contribution in [-0.4, -0.2) is 11.1 Å². The van der Waals surface area contributed by atoms with Gasteiger partial charge in [0, 0.05) is 11.6 Å². The zero-order valence-corrected chi connectivity index (χ0v) is 4.51. The molecule has 0 unspecified atom stereocenters. The van der Waals surface area contributed by atoms with Crippen LogP contribution < -0.4 is 0 Å². The van der Waals surface area contributed by atoms with E-state index in [4.69, 9.17) is 11.5 Å². The van der Waals surface area contributed by atoms with Gasteiger partial charge in [-0.05, 0) is 6.92 Å². The maximum Gasteiger partial charge on any atom is 0.329 e. The van der Waals surface area contributed by atoms with Gasteiger partial charge >= 0.3 is 5.97 Å². The number of allylic oxidation sites excluding steroid dienone is 1. The third kappa shape index (κ3) is 2.98. The summed E-state index contributed by atoms with van der Waals surface area (Å²) in [6.45, 7) is 1.56. The van der Waals surface area contributed by atoms with Crippen LogP contribution in [0.4, 0.5) is 0 Å². The fourth-order valence-electron chi connectivity index (χ4n) is 0.227. The molecule has 0 radical (unpaired) electrons. The zero-order chi connectivity index (χ0) is 6.57. The summed E-state index contributed by atoms with van der Waals surface area (Å²) in [5, 5.41) is 8.04. The normalized spacial score (nSPS) is 10.2. The summed E-state index contributed by atoms with van der Waals surface area (Å²) in [7, 11) is 0. The molecular weight excluding hydrogens is 104 g/mol. The molecule has 0 aliphatic rings. The maximum atomic E-state index is 9.80. The third-order valence-corrected chi connectivity index (χ3v) is 0.568. The first kappa shape index (κ1) is 6.77. The SMILES string of the molecule is C#CC(C)=CC(=O)O. The molecule has 0 fully saturated rings. The first-order chi connectivity index (χ1) is 3.66. The van der Waals surface area contributed by atoms with Gasteiger partial charge in [-0.1, -0.05) is 5.92 Å². The van der Waals surface area contributed by atoms with Gasteiger partial charge in [-0.15, -0.1) is 6.42 Å². The van der Waals surface area contributed by atoms with E-state index in [9.17, 15) is 4.79 Å². The highest BCUT2D eigenvalue weighted by Crippen LogP contribution is 1.85. The summed E-state index contributed by atoms with van der Waals surface area (Å²) in [6.07, 6.45) is 5.82. The Bertz CT molecular complexity index is 160. The van der Waals surface area contributed by atoms with Crippen LogP contribution in [-0.2, 0) is 4.79 Å². The highest BCUT2D eigenvalue weighted by atomic mass is 16.4. The number of carboxylic acids is 1. The van der Waals surface area contributed by atoms with E-state index in [1.807, 2.05) is 0 Å². The van der Waals surface area contributed by atoms with Crippen molar-refractivity contribution in [1.29, 1.82) is 0 Å². The van der Waals surface area contributed by atoms with Crippen molar-refractivity contribution in [2.24, 2.45) is 0 Å². The Hall–Kier alpha value is -1.23. The lowest BCUT2D eigenvalue weighted by Gasteiger charge is -1.79. The van der Waals surface area contributed by atoms with Gasteiger partial charge in [0.1, 0.15) is 0 Å². The number of rotatable bonds is 1. The van der Waals surface area contributed by atoms with E-state index in [1.165, 1.54) is 0 Å². The van der Waals surface area contributed by atoms with Crippen LogP contribution in [0.5, 0.6) is 0 Å². The van der Waals surface area contributed by atoms with Crippen LogP contribution in [0, 0.1) is 12.3 Å². The monoisotopic (exact) mass is 110 g/mol. The predicted octanol–water partition coefficient (Wildman–Crippen LogP) is 0.650. The quantitative estimate of drug-likeness (QED) is 0.397. The molecule has 0 atom stereocenters. The van der Waals surface area contributed by atoms with Crippen LogP contribution in [0.1, 0.15) is 6.92 Å². The van der Waals surface area contributed by atoms with Crippen molar-refractivity contribution in [2.45, 2.75) is 6.92 Å². The van der Waals surface area contributed by atoms with Gasteiger partial charge in [0.25, 0.3) is 0 Å². The van der Waals surface area contributed by atoms with Crippen molar-refractivity contribution >= 4 is 5.97 Å². The fourth-order valence-corrected chi connectivity index (χ4v) is 0.227. The number of terminal acetylenes is 1. The van der Waals surface area contributed by atoms with Crippen LogP contribution in [0.3, 0.4) is 0 Å². The van der Waals surface area contributed by atoms with E-state index in [2.05, 4.69) is 5.92 Å². The van der Waals surface area contributed by atoms with Gasteiger partial charge in [0.05, 0.1) is 0 Å². The van der Waals surface area contributed by atoms with Crippen LogP contribution in [0.2, 0.25) is 0 Å². The lowest BCUT2D eigenvalue weighted by molar-refractivity contribution is -0.131. The molecule has 1 N–H and O–H groups in total. The standard InChI is InChI=1S/C6H6O2/c1-3-5(2)4-6(7)8/h1,4H,2H3,(H,7,8). The number of carbonyl (C=O) groups is 1. The molecule has 0 heterocycles. The molecule has 0 aliphatic heterocycles. The Morgan fingerprint density at radius 3 is 2.50 bits per heavy atom. The van der Waals surface area contributed by atoms with Crippen molar-refractivity contribution in [1.82, 2.24) is 0 Å². The molecular formula is C6H6O2. The molecule has 0 aliphatic carbocycles. The number of hydrogen-bond donors (Lipinski definition) is 1. The first-order valence-corrected chi connectivity index (χ1v) is 2.04. The Kier molecular flexibility index (Phi) is 2.42. The average Bonchev–Trinajstić information content (AvgIpc) is 1.65. The molecule has 42 valence electrons. The molecule has 8 heavy (non-hydrogen) atoms. The molecule has 0 aromatic rings. The van der Waals surface area contributed by atoms with Gasteiger partial charge in [-0.25, -0.2) is 4.79 Å². The van der Waals surface area contributed by atoms with E-state index >= 15 is 0 Å². The summed E-state index contributed by atoms with van der Waals surface area (Å²) in [5.74, 6) is 1.18. The minimum atomic E-state index is -1.000. The Morgan fingerprint density at radius 2 is 2.38 bits per heavy atom. The number of aliphatic carboxylic acids is 1. The second kappa shape index (κ2) is 2.86. The summed E-state index contributed by atoms with van der Waals surface area (Å²) in [5.41, 5.74) is 0.428. The molecule has 2 nitrogen and oxygen atoms in total.